The lowest BCUT2D eigenvalue weighted by molar-refractivity contribution is 1.20. The van der Waals surface area contributed by atoms with Crippen molar-refractivity contribution in [1.29, 1.82) is 0 Å². The molecule has 0 spiro atoms. The predicted octanol–water partition coefficient (Wildman–Crippen LogP) is 2.25. The van der Waals surface area contributed by atoms with Crippen LogP contribution in [0.1, 0.15) is 5.56 Å². The van der Waals surface area contributed by atoms with Gasteiger partial charge in [-0.25, -0.2) is 0 Å². The van der Waals surface area contributed by atoms with Gasteiger partial charge in [-0.05, 0) is 29.9 Å². The molecule has 13 heavy (non-hydrogen) atoms. The summed E-state index contributed by atoms with van der Waals surface area (Å²) in [7, 11) is 1.79. The van der Waals surface area contributed by atoms with Gasteiger partial charge in [0.25, 0.3) is 0 Å². The summed E-state index contributed by atoms with van der Waals surface area (Å²) in [6, 6.07) is 7.88. The van der Waals surface area contributed by atoms with E-state index in [2.05, 4.69) is 17.2 Å². The summed E-state index contributed by atoms with van der Waals surface area (Å²) in [5, 5.41) is 6.49. The molecule has 1 rings (SSSR count). The lowest BCUT2D eigenvalue weighted by Crippen LogP contribution is -2.23. The van der Waals surface area contributed by atoms with Crippen molar-refractivity contribution in [2.45, 2.75) is 0 Å². The molecule has 0 saturated carbocycles. The molecular weight excluding hydrogens is 180 g/mol. The molecule has 0 fully saturated rings. The van der Waals surface area contributed by atoms with E-state index in [0.717, 1.165) is 11.3 Å². The summed E-state index contributed by atoms with van der Waals surface area (Å²) in [6.07, 6.45) is 1.81. The minimum Gasteiger partial charge on any atom is -0.366 e. The number of hydrogen-bond acceptors (Lipinski definition) is 1. The molecule has 0 radical (unpaired) electrons. The molecule has 1 aromatic rings. The third-order valence-corrected chi connectivity index (χ3v) is 1.94. The van der Waals surface area contributed by atoms with Gasteiger partial charge in [0, 0.05) is 12.7 Å². The van der Waals surface area contributed by atoms with E-state index >= 15 is 0 Å². The first kappa shape index (κ1) is 9.74. The van der Waals surface area contributed by atoms with E-state index in [1.54, 1.807) is 13.1 Å². The van der Waals surface area contributed by atoms with Crippen molar-refractivity contribution in [1.82, 2.24) is 5.32 Å². The smallest absolute Gasteiger partial charge is 0.170 e. The first-order valence-corrected chi connectivity index (χ1v) is 4.38. The maximum atomic E-state index is 4.96. The van der Waals surface area contributed by atoms with E-state index in [0.29, 0.717) is 5.11 Å². The van der Waals surface area contributed by atoms with Gasteiger partial charge >= 0.3 is 0 Å². The predicted molar refractivity (Wildman–Crippen MR) is 61.8 cm³/mol. The van der Waals surface area contributed by atoms with Crippen LogP contribution in [0.25, 0.3) is 6.08 Å². The Hall–Kier alpha value is -1.35. The number of thiocarbonyl (C=S) groups is 1. The first-order valence-electron chi connectivity index (χ1n) is 3.97. The summed E-state index contributed by atoms with van der Waals surface area (Å²) in [6.45, 7) is 3.68. The van der Waals surface area contributed by atoms with Crippen LogP contribution in [-0.4, -0.2) is 12.2 Å². The Morgan fingerprint density at radius 1 is 1.38 bits per heavy atom. The highest BCUT2D eigenvalue weighted by molar-refractivity contribution is 7.80. The highest BCUT2D eigenvalue weighted by atomic mass is 32.1. The number of nitrogens with one attached hydrogen (secondary N) is 2. The van der Waals surface area contributed by atoms with Crippen molar-refractivity contribution in [3.05, 3.63) is 36.4 Å². The van der Waals surface area contributed by atoms with Crippen molar-refractivity contribution < 1.29 is 0 Å². The van der Waals surface area contributed by atoms with E-state index in [-0.39, 0.29) is 0 Å². The highest BCUT2D eigenvalue weighted by Crippen LogP contribution is 2.09. The summed E-state index contributed by atoms with van der Waals surface area (Å²) >= 11 is 4.96. The Balaban J connectivity index is 2.69. The molecule has 0 saturated heterocycles. The molecule has 0 aliphatic heterocycles. The van der Waals surface area contributed by atoms with Crippen molar-refractivity contribution in [3.8, 4) is 0 Å². The van der Waals surface area contributed by atoms with Crippen LogP contribution in [0.5, 0.6) is 0 Å². The third kappa shape index (κ3) is 2.87. The molecule has 0 bridgehead atoms. The first-order chi connectivity index (χ1) is 6.26. The van der Waals surface area contributed by atoms with Gasteiger partial charge in [0.15, 0.2) is 5.11 Å². The van der Waals surface area contributed by atoms with Gasteiger partial charge in [0.05, 0.1) is 0 Å². The topological polar surface area (TPSA) is 24.1 Å². The zero-order valence-corrected chi connectivity index (χ0v) is 8.32. The fraction of sp³-hybridized carbons (Fsp3) is 0.100. The van der Waals surface area contributed by atoms with Crippen LogP contribution in [0, 0.1) is 0 Å². The van der Waals surface area contributed by atoms with E-state index in [1.165, 1.54) is 0 Å². The fourth-order valence-corrected chi connectivity index (χ4v) is 1.01. The van der Waals surface area contributed by atoms with Crippen molar-refractivity contribution in [2.24, 2.45) is 0 Å². The standard InChI is InChI=1S/C10H12N2S/c1-3-8-4-6-9(7-5-8)12-10(13)11-2/h3-7H,1H2,2H3,(H2,11,12,13). The Morgan fingerprint density at radius 2 is 2.00 bits per heavy atom. The Kier molecular flexibility index (Phi) is 3.46. The summed E-state index contributed by atoms with van der Waals surface area (Å²) < 4.78 is 0. The summed E-state index contributed by atoms with van der Waals surface area (Å²) in [4.78, 5) is 0. The molecule has 0 aliphatic carbocycles. The largest absolute Gasteiger partial charge is 0.366 e. The lowest BCUT2D eigenvalue weighted by atomic mass is 10.2. The second kappa shape index (κ2) is 4.62. The number of anilines is 1. The molecule has 68 valence electrons. The summed E-state index contributed by atoms with van der Waals surface area (Å²) in [5.41, 5.74) is 2.07. The number of benzene rings is 1. The fourth-order valence-electron chi connectivity index (χ4n) is 0.896. The normalized spacial score (nSPS) is 9.00. The number of rotatable bonds is 2. The van der Waals surface area contributed by atoms with Crippen LogP contribution in [0.15, 0.2) is 30.8 Å². The Morgan fingerprint density at radius 3 is 2.46 bits per heavy atom. The summed E-state index contributed by atoms with van der Waals surface area (Å²) in [5.74, 6) is 0. The van der Waals surface area contributed by atoms with Gasteiger partial charge in [-0.1, -0.05) is 24.8 Å². The molecule has 0 amide bonds. The SMILES string of the molecule is C=Cc1ccc(NC(=S)NC)cc1. The molecule has 1 aromatic carbocycles. The van der Waals surface area contributed by atoms with Crippen LogP contribution >= 0.6 is 12.2 Å². The van der Waals surface area contributed by atoms with Crippen molar-refractivity contribution >= 4 is 29.1 Å². The van der Waals surface area contributed by atoms with Crippen LogP contribution < -0.4 is 10.6 Å². The average Bonchev–Trinajstić information content (AvgIpc) is 2.19. The van der Waals surface area contributed by atoms with Crippen LogP contribution in [0.4, 0.5) is 5.69 Å². The molecule has 0 unspecified atom stereocenters. The maximum Gasteiger partial charge on any atom is 0.170 e. The molecule has 0 aromatic heterocycles. The molecule has 2 nitrogen and oxygen atoms in total. The van der Waals surface area contributed by atoms with Gasteiger partial charge in [0.2, 0.25) is 0 Å². The maximum absolute atomic E-state index is 4.96. The van der Waals surface area contributed by atoms with Gasteiger partial charge in [-0.15, -0.1) is 0 Å². The van der Waals surface area contributed by atoms with Gasteiger partial charge in [-0.3, -0.25) is 0 Å². The van der Waals surface area contributed by atoms with E-state index in [9.17, 15) is 0 Å². The van der Waals surface area contributed by atoms with E-state index in [4.69, 9.17) is 12.2 Å². The Labute approximate surface area is 83.7 Å². The average molecular weight is 192 g/mol. The molecule has 2 N–H and O–H groups in total. The molecule has 0 aliphatic rings. The molecule has 0 atom stereocenters. The number of hydrogen-bond donors (Lipinski definition) is 2. The van der Waals surface area contributed by atoms with Gasteiger partial charge < -0.3 is 10.6 Å². The van der Waals surface area contributed by atoms with Crippen LogP contribution in [-0.2, 0) is 0 Å². The minimum absolute atomic E-state index is 0.617. The van der Waals surface area contributed by atoms with Crippen LogP contribution in [0.2, 0.25) is 0 Å². The molecule has 0 heterocycles. The van der Waals surface area contributed by atoms with Gasteiger partial charge in [0.1, 0.15) is 0 Å². The lowest BCUT2D eigenvalue weighted by Gasteiger charge is -2.06. The van der Waals surface area contributed by atoms with Gasteiger partial charge in [-0.2, -0.15) is 0 Å². The second-order valence-corrected chi connectivity index (χ2v) is 2.94. The van der Waals surface area contributed by atoms with E-state index < -0.39 is 0 Å². The third-order valence-electron chi connectivity index (χ3n) is 1.63. The second-order valence-electron chi connectivity index (χ2n) is 2.53. The minimum atomic E-state index is 0.617. The van der Waals surface area contributed by atoms with Crippen molar-refractivity contribution in [2.75, 3.05) is 12.4 Å². The zero-order valence-electron chi connectivity index (χ0n) is 7.50. The monoisotopic (exact) mass is 192 g/mol. The quantitative estimate of drug-likeness (QED) is 0.703. The van der Waals surface area contributed by atoms with Crippen molar-refractivity contribution in [3.63, 3.8) is 0 Å². The zero-order chi connectivity index (χ0) is 9.68. The van der Waals surface area contributed by atoms with Crippen LogP contribution in [0.3, 0.4) is 0 Å². The molecular formula is C10H12N2S. The molecule has 3 heteroatoms. The van der Waals surface area contributed by atoms with E-state index in [1.807, 2.05) is 24.3 Å². The Bertz CT molecular complexity index is 303. The highest BCUT2D eigenvalue weighted by Gasteiger charge is 1.93.